The van der Waals surface area contributed by atoms with Gasteiger partial charge >= 0.3 is 0 Å². The Bertz CT molecular complexity index is 390. The van der Waals surface area contributed by atoms with Crippen molar-refractivity contribution >= 4 is 0 Å². The maximum absolute atomic E-state index is 5.74. The fraction of sp³-hybridized carbons (Fsp3) is 0.647. The minimum absolute atomic E-state index is 0.651. The average Bonchev–Trinajstić information content (AvgIpc) is 2.48. The molecule has 0 heterocycles. The lowest BCUT2D eigenvalue weighted by atomic mass is 9.78. The molecule has 20 heavy (non-hydrogen) atoms. The van der Waals surface area contributed by atoms with Crippen molar-refractivity contribution in [1.82, 2.24) is 5.32 Å². The molecule has 0 saturated heterocycles. The molecule has 1 fully saturated rings. The van der Waals surface area contributed by atoms with E-state index in [1.54, 1.807) is 7.11 Å². The van der Waals surface area contributed by atoms with Gasteiger partial charge in [0.2, 0.25) is 0 Å². The normalized spacial score (nSPS) is 26.2. The van der Waals surface area contributed by atoms with E-state index >= 15 is 0 Å². The molecule has 0 spiro atoms. The van der Waals surface area contributed by atoms with Gasteiger partial charge in [-0.05, 0) is 42.5 Å². The van der Waals surface area contributed by atoms with E-state index in [2.05, 4.69) is 19.2 Å². The van der Waals surface area contributed by atoms with Gasteiger partial charge in [-0.15, -0.1) is 0 Å². The van der Waals surface area contributed by atoms with E-state index in [1.165, 1.54) is 19.3 Å². The van der Waals surface area contributed by atoms with Gasteiger partial charge < -0.3 is 14.8 Å². The third-order valence-electron chi connectivity index (χ3n) is 4.54. The molecule has 1 aliphatic carbocycles. The quantitative estimate of drug-likeness (QED) is 0.807. The van der Waals surface area contributed by atoms with Crippen molar-refractivity contribution < 1.29 is 9.47 Å². The van der Waals surface area contributed by atoms with Crippen LogP contribution in [0, 0.1) is 11.8 Å². The van der Waals surface area contributed by atoms with Crippen LogP contribution in [0.5, 0.6) is 11.5 Å². The van der Waals surface area contributed by atoms with Crippen LogP contribution in [0.3, 0.4) is 0 Å². The van der Waals surface area contributed by atoms with Crippen molar-refractivity contribution in [2.75, 3.05) is 20.3 Å². The van der Waals surface area contributed by atoms with Crippen LogP contribution >= 0.6 is 0 Å². The Kier molecular flexibility index (Phi) is 5.72. The second kappa shape index (κ2) is 7.53. The fourth-order valence-corrected chi connectivity index (χ4v) is 2.96. The molecular weight excluding hydrogens is 250 g/mol. The summed E-state index contributed by atoms with van der Waals surface area (Å²) in [5.41, 5.74) is 0. The highest BCUT2D eigenvalue weighted by molar-refractivity contribution is 5.31. The molecule has 2 rings (SSSR count). The second-order valence-electron chi connectivity index (χ2n) is 5.85. The lowest BCUT2D eigenvalue weighted by Gasteiger charge is -2.34. The number of ether oxygens (including phenoxy) is 2. The summed E-state index contributed by atoms with van der Waals surface area (Å²) in [6, 6.07) is 8.40. The largest absolute Gasteiger partial charge is 0.497 e. The molecule has 112 valence electrons. The molecule has 3 nitrogen and oxygen atoms in total. The van der Waals surface area contributed by atoms with E-state index in [0.717, 1.165) is 29.9 Å². The maximum Gasteiger partial charge on any atom is 0.119 e. The topological polar surface area (TPSA) is 30.5 Å². The third kappa shape index (κ3) is 4.14. The Morgan fingerprint density at radius 3 is 2.50 bits per heavy atom. The van der Waals surface area contributed by atoms with E-state index in [9.17, 15) is 0 Å². The highest BCUT2D eigenvalue weighted by atomic mass is 16.5. The zero-order valence-corrected chi connectivity index (χ0v) is 12.9. The molecule has 1 aromatic carbocycles. The van der Waals surface area contributed by atoms with Gasteiger partial charge in [-0.3, -0.25) is 0 Å². The van der Waals surface area contributed by atoms with Gasteiger partial charge in [-0.25, -0.2) is 0 Å². The van der Waals surface area contributed by atoms with E-state index in [-0.39, 0.29) is 0 Å². The minimum atomic E-state index is 0.651. The Balaban J connectivity index is 1.68. The number of rotatable bonds is 6. The van der Waals surface area contributed by atoms with E-state index in [4.69, 9.17) is 9.47 Å². The molecule has 1 aromatic rings. The molecule has 3 heteroatoms. The first kappa shape index (κ1) is 15.2. The number of hydrogen-bond donors (Lipinski definition) is 1. The lowest BCUT2D eigenvalue weighted by Crippen LogP contribution is -2.42. The highest BCUT2D eigenvalue weighted by Crippen LogP contribution is 2.29. The zero-order chi connectivity index (χ0) is 14.4. The number of methoxy groups -OCH3 is 1. The Hall–Kier alpha value is -1.22. The van der Waals surface area contributed by atoms with Crippen LogP contribution in [0.4, 0.5) is 0 Å². The van der Waals surface area contributed by atoms with Gasteiger partial charge in [0.25, 0.3) is 0 Å². The van der Waals surface area contributed by atoms with Crippen LogP contribution in [0.1, 0.15) is 33.1 Å². The smallest absolute Gasteiger partial charge is 0.119 e. The van der Waals surface area contributed by atoms with Crippen LogP contribution in [0.15, 0.2) is 24.3 Å². The van der Waals surface area contributed by atoms with Crippen molar-refractivity contribution in [2.24, 2.45) is 11.8 Å². The summed E-state index contributed by atoms with van der Waals surface area (Å²) < 4.78 is 10.9. The van der Waals surface area contributed by atoms with Crippen LogP contribution in [0.2, 0.25) is 0 Å². The first-order chi connectivity index (χ1) is 9.70. The molecule has 0 aromatic heterocycles. The first-order valence-electron chi connectivity index (χ1n) is 7.71. The first-order valence-corrected chi connectivity index (χ1v) is 7.71. The van der Waals surface area contributed by atoms with Crippen LogP contribution in [-0.2, 0) is 0 Å². The standard InChI is InChI=1S/C17H27NO2/c1-13-5-4-6-17(14(13)2)18-11-12-20-16-9-7-15(19-3)8-10-16/h7-10,13-14,17-18H,4-6,11-12H2,1-3H3. The van der Waals surface area contributed by atoms with Crippen LogP contribution < -0.4 is 14.8 Å². The average molecular weight is 277 g/mol. The minimum Gasteiger partial charge on any atom is -0.497 e. The Morgan fingerprint density at radius 2 is 1.80 bits per heavy atom. The van der Waals surface area contributed by atoms with E-state index < -0.39 is 0 Å². The van der Waals surface area contributed by atoms with Crippen LogP contribution in [0.25, 0.3) is 0 Å². The van der Waals surface area contributed by atoms with Crippen molar-refractivity contribution in [3.8, 4) is 11.5 Å². The zero-order valence-electron chi connectivity index (χ0n) is 12.9. The molecule has 0 radical (unpaired) electrons. The molecule has 0 aliphatic heterocycles. The molecule has 1 saturated carbocycles. The van der Waals surface area contributed by atoms with Crippen LogP contribution in [-0.4, -0.2) is 26.3 Å². The Labute approximate surface area is 122 Å². The van der Waals surface area contributed by atoms with Gasteiger partial charge in [0, 0.05) is 12.6 Å². The summed E-state index contributed by atoms with van der Waals surface area (Å²) in [7, 11) is 1.67. The molecule has 1 N–H and O–H groups in total. The SMILES string of the molecule is COc1ccc(OCCNC2CCCC(C)C2C)cc1. The summed E-state index contributed by atoms with van der Waals surface area (Å²) in [5, 5.41) is 3.64. The number of benzene rings is 1. The molecule has 3 unspecified atom stereocenters. The van der Waals surface area contributed by atoms with Gasteiger partial charge in [0.05, 0.1) is 7.11 Å². The van der Waals surface area contributed by atoms with E-state index in [0.29, 0.717) is 12.6 Å². The predicted molar refractivity (Wildman–Crippen MR) is 82.5 cm³/mol. The summed E-state index contributed by atoms with van der Waals surface area (Å²) in [5.74, 6) is 3.37. The summed E-state index contributed by atoms with van der Waals surface area (Å²) in [4.78, 5) is 0. The van der Waals surface area contributed by atoms with Crippen molar-refractivity contribution in [3.63, 3.8) is 0 Å². The van der Waals surface area contributed by atoms with Gasteiger partial charge in [0.15, 0.2) is 0 Å². The number of nitrogens with one attached hydrogen (secondary N) is 1. The van der Waals surface area contributed by atoms with Crippen molar-refractivity contribution in [1.29, 1.82) is 0 Å². The monoisotopic (exact) mass is 277 g/mol. The molecule has 1 aliphatic rings. The van der Waals surface area contributed by atoms with Gasteiger partial charge in [-0.2, -0.15) is 0 Å². The summed E-state index contributed by atoms with van der Waals surface area (Å²) >= 11 is 0. The van der Waals surface area contributed by atoms with Gasteiger partial charge in [0.1, 0.15) is 18.1 Å². The third-order valence-corrected chi connectivity index (χ3v) is 4.54. The molecular formula is C17H27NO2. The lowest BCUT2D eigenvalue weighted by molar-refractivity contribution is 0.197. The molecule has 3 atom stereocenters. The Morgan fingerprint density at radius 1 is 1.10 bits per heavy atom. The van der Waals surface area contributed by atoms with E-state index in [1.807, 2.05) is 24.3 Å². The van der Waals surface area contributed by atoms with Gasteiger partial charge in [-0.1, -0.05) is 26.7 Å². The van der Waals surface area contributed by atoms with Crippen molar-refractivity contribution in [2.45, 2.75) is 39.2 Å². The summed E-state index contributed by atoms with van der Waals surface area (Å²) in [6.45, 7) is 6.36. The fourth-order valence-electron chi connectivity index (χ4n) is 2.96. The second-order valence-corrected chi connectivity index (χ2v) is 5.85. The number of hydrogen-bond acceptors (Lipinski definition) is 3. The predicted octanol–water partition coefficient (Wildman–Crippen LogP) is 3.49. The molecule has 0 bridgehead atoms. The molecule has 0 amide bonds. The summed E-state index contributed by atoms with van der Waals surface area (Å²) in [6.07, 6.45) is 4.03. The maximum atomic E-state index is 5.74. The highest BCUT2D eigenvalue weighted by Gasteiger charge is 2.26. The van der Waals surface area contributed by atoms with Crippen molar-refractivity contribution in [3.05, 3.63) is 24.3 Å².